The lowest BCUT2D eigenvalue weighted by molar-refractivity contribution is -0.384. The van der Waals surface area contributed by atoms with Gasteiger partial charge in [0, 0.05) is 30.4 Å². The van der Waals surface area contributed by atoms with Crippen LogP contribution in [0, 0.1) is 10.1 Å². The Labute approximate surface area is 190 Å². The predicted octanol–water partition coefficient (Wildman–Crippen LogP) is 4.02. The maximum atomic E-state index is 13.6. The van der Waals surface area contributed by atoms with Crippen LogP contribution in [-0.2, 0) is 16.1 Å². The van der Waals surface area contributed by atoms with E-state index in [-0.39, 0.29) is 23.5 Å². The molecule has 1 heterocycles. The van der Waals surface area contributed by atoms with Crippen LogP contribution in [0.1, 0.15) is 11.1 Å². The summed E-state index contributed by atoms with van der Waals surface area (Å²) in [6.07, 6.45) is 0. The number of rotatable bonds is 7. The number of nitrogens with zero attached hydrogens (tertiary/aromatic N) is 3. The van der Waals surface area contributed by atoms with Crippen molar-refractivity contribution >= 4 is 28.8 Å². The van der Waals surface area contributed by atoms with E-state index in [2.05, 4.69) is 0 Å². The summed E-state index contributed by atoms with van der Waals surface area (Å²) < 4.78 is 5.38. The second-order valence-corrected chi connectivity index (χ2v) is 7.43. The standard InChI is InChI=1S/C25H21N3O5/c1-26(19-9-4-3-5-10-19)23-22(17-12-14-20(15-13-17)28(31)32)24(29)27(25(23)30)16-18-8-6-7-11-21(18)33-2/h3-15H,16H2,1-2H3. The van der Waals surface area contributed by atoms with Gasteiger partial charge in [0.1, 0.15) is 11.4 Å². The van der Waals surface area contributed by atoms with Gasteiger partial charge in [-0.05, 0) is 35.9 Å². The molecular weight excluding hydrogens is 422 g/mol. The molecule has 8 nitrogen and oxygen atoms in total. The van der Waals surface area contributed by atoms with E-state index in [1.54, 1.807) is 24.1 Å². The van der Waals surface area contributed by atoms with Crippen molar-refractivity contribution in [3.05, 3.63) is 106 Å². The van der Waals surface area contributed by atoms with Gasteiger partial charge < -0.3 is 9.64 Å². The van der Waals surface area contributed by atoms with E-state index in [1.807, 2.05) is 42.5 Å². The third kappa shape index (κ3) is 4.06. The molecule has 8 heteroatoms. The summed E-state index contributed by atoms with van der Waals surface area (Å²) in [7, 11) is 3.25. The number of carbonyl (C=O) groups is 2. The molecular formula is C25H21N3O5. The molecule has 0 radical (unpaired) electrons. The molecule has 0 unspecified atom stereocenters. The Morgan fingerprint density at radius 2 is 1.55 bits per heavy atom. The van der Waals surface area contributed by atoms with Crippen molar-refractivity contribution in [1.82, 2.24) is 4.90 Å². The Kier molecular flexibility index (Phi) is 5.91. The number of nitro benzene ring substituents is 1. The summed E-state index contributed by atoms with van der Waals surface area (Å²) in [5, 5.41) is 11.1. The van der Waals surface area contributed by atoms with Crippen LogP contribution in [0.3, 0.4) is 0 Å². The SMILES string of the molecule is COc1ccccc1CN1C(=O)C(c2ccc([N+](=O)[O-])cc2)=C(N(C)c2ccccc2)C1=O. The highest BCUT2D eigenvalue weighted by molar-refractivity contribution is 6.36. The quantitative estimate of drug-likeness (QED) is 0.311. The van der Waals surface area contributed by atoms with E-state index >= 15 is 0 Å². The number of methoxy groups -OCH3 is 1. The van der Waals surface area contributed by atoms with E-state index in [1.165, 1.54) is 36.3 Å². The van der Waals surface area contributed by atoms with Gasteiger partial charge in [0.05, 0.1) is 24.2 Å². The largest absolute Gasteiger partial charge is 0.496 e. The van der Waals surface area contributed by atoms with E-state index in [4.69, 9.17) is 4.74 Å². The van der Waals surface area contributed by atoms with E-state index in [0.717, 1.165) is 5.69 Å². The summed E-state index contributed by atoms with van der Waals surface area (Å²) in [5.41, 5.74) is 2.14. The van der Waals surface area contributed by atoms with E-state index in [0.29, 0.717) is 16.9 Å². The monoisotopic (exact) mass is 443 g/mol. The average Bonchev–Trinajstić information content (AvgIpc) is 3.09. The van der Waals surface area contributed by atoms with Crippen LogP contribution in [0.4, 0.5) is 11.4 Å². The molecule has 3 aromatic rings. The van der Waals surface area contributed by atoms with Gasteiger partial charge in [-0.1, -0.05) is 36.4 Å². The zero-order chi connectivity index (χ0) is 23.5. The first kappa shape index (κ1) is 21.8. The average molecular weight is 443 g/mol. The number of benzene rings is 3. The summed E-state index contributed by atoms with van der Waals surface area (Å²) in [5.74, 6) is -0.358. The van der Waals surface area contributed by atoms with Crippen LogP contribution in [0.15, 0.2) is 84.6 Å². The number of ether oxygens (including phenoxy) is 1. The normalized spacial score (nSPS) is 13.5. The number of amides is 2. The third-order valence-electron chi connectivity index (χ3n) is 5.51. The molecule has 0 aromatic heterocycles. The van der Waals surface area contributed by atoms with Crippen molar-refractivity contribution in [3.8, 4) is 5.75 Å². The van der Waals surface area contributed by atoms with Gasteiger partial charge in [-0.2, -0.15) is 0 Å². The van der Waals surface area contributed by atoms with Crippen LogP contribution < -0.4 is 9.64 Å². The van der Waals surface area contributed by atoms with Crippen molar-refractivity contribution < 1.29 is 19.2 Å². The predicted molar refractivity (Wildman–Crippen MR) is 123 cm³/mol. The number of nitro groups is 1. The molecule has 0 N–H and O–H groups in total. The Bertz CT molecular complexity index is 1250. The lowest BCUT2D eigenvalue weighted by Crippen LogP contribution is -2.33. The molecule has 33 heavy (non-hydrogen) atoms. The molecule has 2 amide bonds. The second-order valence-electron chi connectivity index (χ2n) is 7.43. The molecule has 0 bridgehead atoms. The highest BCUT2D eigenvalue weighted by atomic mass is 16.6. The second kappa shape index (κ2) is 8.96. The van der Waals surface area contributed by atoms with Crippen molar-refractivity contribution in [2.24, 2.45) is 0 Å². The summed E-state index contributed by atoms with van der Waals surface area (Å²) in [4.78, 5) is 40.5. The molecule has 0 fully saturated rings. The molecule has 0 atom stereocenters. The summed E-state index contributed by atoms with van der Waals surface area (Å²) in [6.45, 7) is 0.0320. The molecule has 0 aliphatic carbocycles. The first-order valence-corrected chi connectivity index (χ1v) is 10.2. The Hall–Kier alpha value is -4.46. The fourth-order valence-electron chi connectivity index (χ4n) is 3.81. The van der Waals surface area contributed by atoms with E-state index < -0.39 is 16.7 Å². The fraction of sp³-hybridized carbons (Fsp3) is 0.120. The number of likely N-dealkylation sites (N-methyl/N-ethyl adjacent to an activating group) is 1. The Morgan fingerprint density at radius 1 is 0.909 bits per heavy atom. The highest BCUT2D eigenvalue weighted by Crippen LogP contribution is 2.35. The van der Waals surface area contributed by atoms with Gasteiger partial charge >= 0.3 is 0 Å². The number of para-hydroxylation sites is 2. The van der Waals surface area contributed by atoms with Gasteiger partial charge in [0.2, 0.25) is 0 Å². The third-order valence-corrected chi connectivity index (χ3v) is 5.51. The zero-order valence-corrected chi connectivity index (χ0v) is 18.1. The van der Waals surface area contributed by atoms with Gasteiger partial charge in [0.25, 0.3) is 17.5 Å². The van der Waals surface area contributed by atoms with Gasteiger partial charge in [-0.25, -0.2) is 0 Å². The molecule has 0 spiro atoms. The molecule has 0 saturated carbocycles. The minimum absolute atomic E-state index is 0.0320. The first-order chi connectivity index (χ1) is 15.9. The maximum absolute atomic E-state index is 13.6. The van der Waals surface area contributed by atoms with Crippen LogP contribution >= 0.6 is 0 Å². The lowest BCUT2D eigenvalue weighted by Gasteiger charge is -2.22. The minimum Gasteiger partial charge on any atom is -0.496 e. The van der Waals surface area contributed by atoms with Crippen LogP contribution in [0.5, 0.6) is 5.75 Å². The molecule has 0 saturated heterocycles. The molecule has 1 aliphatic heterocycles. The van der Waals surface area contributed by atoms with Crippen LogP contribution in [0.2, 0.25) is 0 Å². The lowest BCUT2D eigenvalue weighted by atomic mass is 10.0. The van der Waals surface area contributed by atoms with Crippen LogP contribution in [0.25, 0.3) is 5.57 Å². The number of hydrogen-bond donors (Lipinski definition) is 0. The first-order valence-electron chi connectivity index (χ1n) is 10.2. The molecule has 166 valence electrons. The summed E-state index contributed by atoms with van der Waals surface area (Å²) in [6, 6.07) is 22.0. The number of imide groups is 1. The highest BCUT2D eigenvalue weighted by Gasteiger charge is 2.41. The van der Waals surface area contributed by atoms with E-state index in [9.17, 15) is 19.7 Å². The molecule has 1 aliphatic rings. The van der Waals surface area contributed by atoms with Crippen molar-refractivity contribution in [2.45, 2.75) is 6.54 Å². The molecule has 3 aromatic carbocycles. The fourth-order valence-corrected chi connectivity index (χ4v) is 3.81. The number of anilines is 1. The van der Waals surface area contributed by atoms with Gasteiger partial charge in [0.15, 0.2) is 0 Å². The topological polar surface area (TPSA) is 93.0 Å². The zero-order valence-electron chi connectivity index (χ0n) is 18.1. The molecule has 4 rings (SSSR count). The van der Waals surface area contributed by atoms with Crippen molar-refractivity contribution in [2.75, 3.05) is 19.1 Å². The minimum atomic E-state index is -0.509. The van der Waals surface area contributed by atoms with Gasteiger partial charge in [-0.15, -0.1) is 0 Å². The smallest absolute Gasteiger partial charge is 0.278 e. The maximum Gasteiger partial charge on any atom is 0.278 e. The van der Waals surface area contributed by atoms with Crippen LogP contribution in [-0.4, -0.2) is 35.8 Å². The van der Waals surface area contributed by atoms with Crippen molar-refractivity contribution in [3.63, 3.8) is 0 Å². The number of non-ortho nitro benzene ring substituents is 1. The Balaban J connectivity index is 1.80. The van der Waals surface area contributed by atoms with Crippen molar-refractivity contribution in [1.29, 1.82) is 0 Å². The van der Waals surface area contributed by atoms with Gasteiger partial charge in [-0.3, -0.25) is 24.6 Å². The Morgan fingerprint density at radius 3 is 2.18 bits per heavy atom. The summed E-state index contributed by atoms with van der Waals surface area (Å²) >= 11 is 0. The number of carbonyl (C=O) groups excluding carboxylic acids is 2. The number of hydrogen-bond acceptors (Lipinski definition) is 6.